The Bertz CT molecular complexity index is 529. The van der Waals surface area contributed by atoms with Crippen molar-refractivity contribution in [3.8, 4) is 0 Å². The van der Waals surface area contributed by atoms with Gasteiger partial charge >= 0.3 is 11.9 Å². The Morgan fingerprint density at radius 1 is 0.607 bits per heavy atom. The molecule has 2 unspecified atom stereocenters. The van der Waals surface area contributed by atoms with Crippen molar-refractivity contribution in [2.45, 2.75) is 64.2 Å². The number of ketones is 2. The Morgan fingerprint density at radius 2 is 0.929 bits per heavy atom. The van der Waals surface area contributed by atoms with Gasteiger partial charge in [0.05, 0.1) is 11.8 Å². The van der Waals surface area contributed by atoms with Gasteiger partial charge in [0.25, 0.3) is 0 Å². The molecule has 2 rings (SSSR count). The summed E-state index contributed by atoms with van der Waals surface area (Å²) in [6, 6.07) is 0. The molecule has 0 aromatic rings. The maximum atomic E-state index is 12.4. The summed E-state index contributed by atoms with van der Waals surface area (Å²) in [5.41, 5.74) is 0. The van der Waals surface area contributed by atoms with Crippen LogP contribution in [0.5, 0.6) is 0 Å². The molecule has 28 heavy (non-hydrogen) atoms. The van der Waals surface area contributed by atoms with Gasteiger partial charge in [-0.3, -0.25) is 19.2 Å². The van der Waals surface area contributed by atoms with E-state index in [1.54, 1.807) is 0 Å². The summed E-state index contributed by atoms with van der Waals surface area (Å²) in [5, 5.41) is 18.6. The number of hydrogen-bond donors (Lipinski definition) is 2. The smallest absolute Gasteiger partial charge is 0.307 e. The molecule has 2 saturated carbocycles. The topological polar surface area (TPSA) is 109 Å². The second-order valence-electron chi connectivity index (χ2n) is 7.75. The van der Waals surface area contributed by atoms with Crippen LogP contribution in [0, 0.1) is 23.7 Å². The van der Waals surface area contributed by atoms with E-state index in [9.17, 15) is 29.4 Å². The van der Waals surface area contributed by atoms with Crippen molar-refractivity contribution in [1.82, 2.24) is 0 Å². The molecule has 0 aromatic heterocycles. The molecule has 0 amide bonds. The van der Waals surface area contributed by atoms with Gasteiger partial charge < -0.3 is 10.2 Å². The van der Waals surface area contributed by atoms with Crippen molar-refractivity contribution in [3.63, 3.8) is 0 Å². The van der Waals surface area contributed by atoms with E-state index in [1.165, 1.54) is 21.6 Å². The standard InChI is InChI=1S/C20H30O6S2/c21-17(13-5-1-3-7-15(13)19(23)24)9-11-27-28-12-10-18(22)14-6-2-4-8-16(14)20(25)26/h13-16H,1-12H2,(H,23,24)(H,25,26)/t13-,14?,15-,16?/m1/s1. The molecule has 158 valence electrons. The summed E-state index contributed by atoms with van der Waals surface area (Å²) in [4.78, 5) is 47.4. The molecule has 8 heteroatoms. The molecule has 2 fully saturated rings. The number of carboxylic acid groups (broad SMARTS) is 2. The molecule has 4 atom stereocenters. The highest BCUT2D eigenvalue weighted by Gasteiger charge is 2.36. The molecule has 2 N–H and O–H groups in total. The van der Waals surface area contributed by atoms with Gasteiger partial charge in [0.15, 0.2) is 0 Å². The highest BCUT2D eigenvalue weighted by molar-refractivity contribution is 8.76. The van der Waals surface area contributed by atoms with E-state index >= 15 is 0 Å². The fourth-order valence-corrected chi connectivity index (χ4v) is 6.41. The average Bonchev–Trinajstić information content (AvgIpc) is 2.70. The molecule has 0 bridgehead atoms. The third-order valence-electron chi connectivity index (χ3n) is 5.94. The number of hydrogen-bond acceptors (Lipinski definition) is 6. The van der Waals surface area contributed by atoms with Gasteiger partial charge in [-0.2, -0.15) is 0 Å². The average molecular weight is 431 g/mol. The molecule has 0 saturated heterocycles. The summed E-state index contributed by atoms with van der Waals surface area (Å²) >= 11 is 0. The molecule has 0 aromatic carbocycles. The summed E-state index contributed by atoms with van der Waals surface area (Å²) in [6.45, 7) is 0. The number of Topliss-reactive ketones (excluding diaryl/α,β-unsaturated/α-hetero) is 2. The van der Waals surface area contributed by atoms with E-state index in [2.05, 4.69) is 0 Å². The summed E-state index contributed by atoms with van der Waals surface area (Å²) in [7, 11) is 3.06. The van der Waals surface area contributed by atoms with Crippen LogP contribution in [0.3, 0.4) is 0 Å². The monoisotopic (exact) mass is 430 g/mol. The van der Waals surface area contributed by atoms with E-state index in [0.717, 1.165) is 25.7 Å². The third kappa shape index (κ3) is 6.79. The Hall–Kier alpha value is -1.02. The Balaban J connectivity index is 1.63. The predicted molar refractivity (Wildman–Crippen MR) is 110 cm³/mol. The van der Waals surface area contributed by atoms with Crippen molar-refractivity contribution < 1.29 is 29.4 Å². The van der Waals surface area contributed by atoms with Crippen molar-refractivity contribution in [3.05, 3.63) is 0 Å². The quantitative estimate of drug-likeness (QED) is 0.373. The highest BCUT2D eigenvalue weighted by atomic mass is 33.1. The van der Waals surface area contributed by atoms with Gasteiger partial charge in [0, 0.05) is 36.2 Å². The summed E-state index contributed by atoms with van der Waals surface area (Å²) in [5.74, 6) is -2.17. The number of carbonyl (C=O) groups excluding carboxylic acids is 2. The van der Waals surface area contributed by atoms with Crippen LogP contribution in [-0.4, -0.2) is 45.2 Å². The van der Waals surface area contributed by atoms with Crippen LogP contribution >= 0.6 is 21.6 Å². The van der Waals surface area contributed by atoms with E-state index in [1.807, 2.05) is 0 Å². The first-order chi connectivity index (χ1) is 13.4. The first-order valence-corrected chi connectivity index (χ1v) is 12.7. The lowest BCUT2D eigenvalue weighted by Crippen LogP contribution is -2.33. The molecular formula is C20H30O6S2. The zero-order chi connectivity index (χ0) is 20.5. The SMILES string of the molecule is O=C(O)C1CCCCC1C(=O)CCSSCCC(=O)[C@@H]1CCCC[C@H]1C(=O)O. The molecule has 0 radical (unpaired) electrons. The van der Waals surface area contributed by atoms with Crippen LogP contribution in [0.25, 0.3) is 0 Å². The minimum atomic E-state index is -0.860. The lowest BCUT2D eigenvalue weighted by Gasteiger charge is -2.27. The summed E-state index contributed by atoms with van der Waals surface area (Å²) < 4.78 is 0. The van der Waals surface area contributed by atoms with Crippen molar-refractivity contribution in [1.29, 1.82) is 0 Å². The van der Waals surface area contributed by atoms with Crippen LogP contribution in [0.1, 0.15) is 64.2 Å². The lowest BCUT2D eigenvalue weighted by molar-refractivity contribution is -0.148. The van der Waals surface area contributed by atoms with E-state index in [-0.39, 0.29) is 23.4 Å². The molecular weight excluding hydrogens is 400 g/mol. The highest BCUT2D eigenvalue weighted by Crippen LogP contribution is 2.34. The second kappa shape index (κ2) is 11.9. The molecule has 6 nitrogen and oxygen atoms in total. The molecule has 2 aliphatic rings. The fourth-order valence-electron chi connectivity index (χ4n) is 4.40. The van der Waals surface area contributed by atoms with Crippen LogP contribution in [0.4, 0.5) is 0 Å². The van der Waals surface area contributed by atoms with Crippen LogP contribution in [-0.2, 0) is 19.2 Å². The maximum Gasteiger partial charge on any atom is 0.307 e. The van der Waals surface area contributed by atoms with Crippen LogP contribution < -0.4 is 0 Å². The number of carbonyl (C=O) groups is 4. The first-order valence-electron chi connectivity index (χ1n) is 10.2. The Morgan fingerprint density at radius 3 is 1.25 bits per heavy atom. The third-order valence-corrected chi connectivity index (χ3v) is 8.35. The molecule has 0 heterocycles. The van der Waals surface area contributed by atoms with E-state index < -0.39 is 23.8 Å². The predicted octanol–water partition coefficient (Wildman–Crippen LogP) is 4.07. The zero-order valence-corrected chi connectivity index (χ0v) is 17.8. The normalized spacial score (nSPS) is 27.9. The Labute approximate surface area is 174 Å². The Kier molecular flexibility index (Phi) is 9.85. The van der Waals surface area contributed by atoms with Crippen molar-refractivity contribution in [2.24, 2.45) is 23.7 Å². The number of aliphatic carboxylic acids is 2. The van der Waals surface area contributed by atoms with E-state index in [0.29, 0.717) is 50.0 Å². The van der Waals surface area contributed by atoms with Crippen molar-refractivity contribution >= 4 is 45.1 Å². The van der Waals surface area contributed by atoms with Gasteiger partial charge in [0.1, 0.15) is 11.6 Å². The largest absolute Gasteiger partial charge is 0.481 e. The first kappa shape index (κ1) is 23.3. The van der Waals surface area contributed by atoms with E-state index in [4.69, 9.17) is 0 Å². The number of rotatable bonds is 11. The summed E-state index contributed by atoms with van der Waals surface area (Å²) in [6.07, 6.45) is 6.86. The van der Waals surface area contributed by atoms with Gasteiger partial charge in [-0.15, -0.1) is 0 Å². The second-order valence-corrected chi connectivity index (χ2v) is 10.5. The maximum absolute atomic E-state index is 12.4. The minimum absolute atomic E-state index is 0.0442. The number of carboxylic acids is 2. The molecule has 2 aliphatic carbocycles. The van der Waals surface area contributed by atoms with Gasteiger partial charge in [-0.25, -0.2) is 0 Å². The fraction of sp³-hybridized carbons (Fsp3) is 0.800. The van der Waals surface area contributed by atoms with Gasteiger partial charge in [0.2, 0.25) is 0 Å². The van der Waals surface area contributed by atoms with Gasteiger partial charge in [-0.05, 0) is 25.7 Å². The lowest BCUT2D eigenvalue weighted by atomic mass is 9.76. The molecule has 0 spiro atoms. The molecule has 0 aliphatic heterocycles. The van der Waals surface area contributed by atoms with Crippen molar-refractivity contribution in [2.75, 3.05) is 11.5 Å². The zero-order valence-electron chi connectivity index (χ0n) is 16.1. The van der Waals surface area contributed by atoms with Gasteiger partial charge in [-0.1, -0.05) is 47.3 Å². The van der Waals surface area contributed by atoms with Crippen LogP contribution in [0.15, 0.2) is 0 Å². The minimum Gasteiger partial charge on any atom is -0.481 e. The van der Waals surface area contributed by atoms with Crippen LogP contribution in [0.2, 0.25) is 0 Å².